The lowest BCUT2D eigenvalue weighted by Crippen LogP contribution is -2.39. The molecule has 7 heterocycles. The summed E-state index contributed by atoms with van der Waals surface area (Å²) >= 11 is 0. The number of imidazole rings is 3. The van der Waals surface area contributed by atoms with Crippen LogP contribution in [-0.2, 0) is 32.2 Å². The van der Waals surface area contributed by atoms with Gasteiger partial charge in [0.15, 0.2) is 22.6 Å². The van der Waals surface area contributed by atoms with Crippen molar-refractivity contribution in [3.63, 3.8) is 0 Å². The van der Waals surface area contributed by atoms with E-state index in [4.69, 9.17) is 28.8 Å². The predicted octanol–water partition coefficient (Wildman–Crippen LogP) is -0.130. The van der Waals surface area contributed by atoms with E-state index in [2.05, 4.69) is 29.9 Å². The minimum Gasteiger partial charge on any atom is -0.390 e. The van der Waals surface area contributed by atoms with E-state index in [1.165, 1.54) is 27.7 Å². The Hall–Kier alpha value is -3.69. The van der Waals surface area contributed by atoms with Crippen LogP contribution in [0.1, 0.15) is 12.5 Å². The summed E-state index contributed by atoms with van der Waals surface area (Å²) in [5.74, 6) is -1.11. The molecule has 24 heteroatoms. The number of halogens is 1. The molecule has 2 aliphatic rings. The van der Waals surface area contributed by atoms with Gasteiger partial charge in [-0.2, -0.15) is 0 Å². The van der Waals surface area contributed by atoms with Crippen LogP contribution in [-0.4, -0.2) is 109 Å². The van der Waals surface area contributed by atoms with E-state index in [-0.39, 0.29) is 33.9 Å². The number of phosphoric acid groups is 1. The van der Waals surface area contributed by atoms with Gasteiger partial charge in [-0.05, 0) is 0 Å². The lowest BCUT2D eigenvalue weighted by atomic mass is 10.0. The van der Waals surface area contributed by atoms with Crippen LogP contribution < -0.4 is 11.3 Å². The highest BCUT2D eigenvalue weighted by Gasteiger charge is 2.50. The topological polar surface area (TPSA) is 279 Å². The van der Waals surface area contributed by atoms with Gasteiger partial charge in [0.1, 0.15) is 36.4 Å². The summed E-state index contributed by atoms with van der Waals surface area (Å²) in [5, 5.41) is 11.3. The molecule has 5 aromatic heterocycles. The van der Waals surface area contributed by atoms with Gasteiger partial charge in [-0.3, -0.25) is 36.9 Å². The van der Waals surface area contributed by atoms with E-state index < -0.39 is 83.2 Å². The Morgan fingerprint density at radius 3 is 2.70 bits per heavy atom. The molecule has 2 saturated heterocycles. The van der Waals surface area contributed by atoms with Crippen LogP contribution in [0.5, 0.6) is 0 Å². The zero-order chi connectivity index (χ0) is 33.2. The van der Waals surface area contributed by atoms with E-state index in [0.29, 0.717) is 0 Å². The largest absolute Gasteiger partial charge is 0.472 e. The van der Waals surface area contributed by atoms with Crippen molar-refractivity contribution in [2.45, 2.75) is 36.9 Å². The number of rotatable bonds is 4. The molecular weight excluding hydrogens is 673 g/mol. The highest BCUT2D eigenvalue weighted by Crippen LogP contribution is 2.53. The Labute approximate surface area is 261 Å². The van der Waals surface area contributed by atoms with Crippen molar-refractivity contribution in [1.29, 1.82) is 0 Å². The van der Waals surface area contributed by atoms with Crippen molar-refractivity contribution in [2.75, 3.05) is 32.2 Å². The average molecular weight is 700 g/mol. The highest BCUT2D eigenvalue weighted by molar-refractivity contribution is 7.52. The van der Waals surface area contributed by atoms with E-state index in [1.807, 2.05) is 0 Å². The zero-order valence-corrected chi connectivity index (χ0v) is 25.9. The minimum atomic E-state index is -5.19. The molecule has 0 amide bonds. The molecule has 6 N–H and O–H groups in total. The third-order valence-corrected chi connectivity index (χ3v) is 10.4. The van der Waals surface area contributed by atoms with Gasteiger partial charge in [0.2, 0.25) is 12.1 Å². The lowest BCUT2D eigenvalue weighted by Gasteiger charge is -2.31. The third kappa shape index (κ3) is 5.65. The summed E-state index contributed by atoms with van der Waals surface area (Å²) in [7, 11) is -8.76. The Balaban J connectivity index is 1.24. The molecule has 252 valence electrons. The monoisotopic (exact) mass is 700 g/mol. The number of aromatic nitrogens is 9. The Morgan fingerprint density at radius 2 is 1.91 bits per heavy atom. The van der Waals surface area contributed by atoms with Crippen LogP contribution in [0.15, 0.2) is 36.2 Å². The molecule has 0 aromatic carbocycles. The Kier molecular flexibility index (Phi) is 7.99. The number of fused-ring (bicyclic) bond motifs is 6. The zero-order valence-electron chi connectivity index (χ0n) is 24.1. The standard InChI is InChI=1S/C23H27FN10O11P2/c1-41-12-5-42-46(37,38)6-10-15(35)11(44-22(10)34-9-30-14-20(36)31-23-26-2-3-32(23)21(14)34)4-43-47(39,40)45-16(12)17(24)33-8-29-13-18(25)27-7-28-19(13)33/h2-3,7-12,15-17,22,35H,4-6H2,1H3,(H,37,38)(H,39,40)(H2,25,27,28)(H,26,31,36)/t10-,11-,12-,15+,16-,17+,22-/m1/s1. The molecule has 2 bridgehead atoms. The molecule has 0 aliphatic carbocycles. The number of hydrogen-bond donors (Lipinski definition) is 5. The number of methoxy groups -OCH3 is 1. The number of phosphoric ester groups is 1. The molecule has 2 aliphatic heterocycles. The highest BCUT2D eigenvalue weighted by atomic mass is 31.2. The van der Waals surface area contributed by atoms with Gasteiger partial charge in [0.05, 0.1) is 38.1 Å². The maximum absolute atomic E-state index is 16.2. The van der Waals surface area contributed by atoms with Gasteiger partial charge >= 0.3 is 15.4 Å². The number of hydrogen-bond acceptors (Lipinski definition) is 15. The number of aliphatic hydroxyl groups excluding tert-OH is 1. The molecule has 0 radical (unpaired) electrons. The second-order valence-electron chi connectivity index (χ2n) is 10.8. The molecule has 0 saturated carbocycles. The summed E-state index contributed by atoms with van der Waals surface area (Å²) < 4.78 is 73.7. The SMILES string of the molecule is CO[C@@H]1COP(=O)(O)C[C@@H]2[C@H](O)[C@@H](COP(=O)(O)O[C@H]1[C@@H](F)n1cnc3c(N)ncnc31)O[C@H]2n1cnc2c(=O)[nH]c3nccn3c21. The summed E-state index contributed by atoms with van der Waals surface area (Å²) in [6, 6.07) is 0. The fourth-order valence-corrected chi connectivity index (χ4v) is 8.10. The molecule has 2 unspecified atom stereocenters. The maximum atomic E-state index is 16.2. The second-order valence-corrected chi connectivity index (χ2v) is 14.1. The number of nitrogens with one attached hydrogen (secondary N) is 1. The smallest absolute Gasteiger partial charge is 0.390 e. The molecule has 5 aromatic rings. The van der Waals surface area contributed by atoms with Crippen LogP contribution in [0.3, 0.4) is 0 Å². The Bertz CT molecular complexity index is 2120. The van der Waals surface area contributed by atoms with Crippen molar-refractivity contribution >= 4 is 49.3 Å². The quantitative estimate of drug-likeness (QED) is 0.153. The number of alkyl halides is 1. The maximum Gasteiger partial charge on any atom is 0.472 e. The number of nitrogens with two attached hydrogens (primary N) is 1. The first kappa shape index (κ1) is 31.9. The van der Waals surface area contributed by atoms with Gasteiger partial charge in [0.25, 0.3) is 5.56 Å². The second kappa shape index (κ2) is 11.8. The number of H-pyrrole nitrogens is 1. The van der Waals surface area contributed by atoms with Crippen molar-refractivity contribution in [3.05, 3.63) is 41.7 Å². The van der Waals surface area contributed by atoms with Gasteiger partial charge in [-0.25, -0.2) is 33.9 Å². The molecule has 2 fully saturated rings. The third-order valence-electron chi connectivity index (χ3n) is 7.98. The molecule has 21 nitrogen and oxygen atoms in total. The first-order valence-electron chi connectivity index (χ1n) is 13.8. The van der Waals surface area contributed by atoms with Crippen molar-refractivity contribution in [2.24, 2.45) is 5.92 Å². The van der Waals surface area contributed by atoms with Gasteiger partial charge in [-0.1, -0.05) is 0 Å². The average Bonchev–Trinajstić information content (AvgIpc) is 3.81. The number of ether oxygens (including phenoxy) is 2. The predicted molar refractivity (Wildman–Crippen MR) is 154 cm³/mol. The van der Waals surface area contributed by atoms with Gasteiger partial charge in [0, 0.05) is 25.4 Å². The fraction of sp³-hybridized carbons (Fsp3) is 0.478. The summed E-state index contributed by atoms with van der Waals surface area (Å²) in [6.07, 6.45) is -4.61. The molecular formula is C23H27FN10O11P2. The van der Waals surface area contributed by atoms with Crippen LogP contribution >= 0.6 is 15.4 Å². The molecule has 0 spiro atoms. The Morgan fingerprint density at radius 1 is 1.13 bits per heavy atom. The number of aliphatic hydroxyl groups is 1. The summed E-state index contributed by atoms with van der Waals surface area (Å²) in [4.78, 5) is 56.9. The minimum absolute atomic E-state index is 0.0206. The van der Waals surface area contributed by atoms with Crippen molar-refractivity contribution < 1.29 is 51.5 Å². The lowest BCUT2D eigenvalue weighted by molar-refractivity contribution is -0.0911. The molecule has 9 atom stereocenters. The van der Waals surface area contributed by atoms with E-state index in [9.17, 15) is 28.8 Å². The summed E-state index contributed by atoms with van der Waals surface area (Å²) in [6.45, 7) is -1.61. The number of nitrogens with zero attached hydrogens (tertiary/aromatic N) is 8. The van der Waals surface area contributed by atoms with Gasteiger partial charge < -0.3 is 34.6 Å². The number of aromatic amines is 1. The first-order valence-corrected chi connectivity index (χ1v) is 17.1. The van der Waals surface area contributed by atoms with Crippen LogP contribution in [0.2, 0.25) is 0 Å². The molecule has 47 heavy (non-hydrogen) atoms. The number of anilines is 1. The normalized spacial score (nSPS) is 33.1. The first-order chi connectivity index (χ1) is 22.4. The van der Waals surface area contributed by atoms with Gasteiger partial charge in [-0.15, -0.1) is 0 Å². The van der Waals surface area contributed by atoms with Crippen LogP contribution in [0.25, 0.3) is 28.1 Å². The van der Waals surface area contributed by atoms with Crippen LogP contribution in [0, 0.1) is 5.92 Å². The fourth-order valence-electron chi connectivity index (χ4n) is 5.74. The van der Waals surface area contributed by atoms with Crippen LogP contribution in [0.4, 0.5) is 10.2 Å². The molecule has 7 rings (SSSR count). The van der Waals surface area contributed by atoms with E-state index in [0.717, 1.165) is 24.3 Å². The van der Waals surface area contributed by atoms with E-state index >= 15 is 4.39 Å². The number of nitrogen functional groups attached to an aromatic ring is 1. The van der Waals surface area contributed by atoms with E-state index in [1.54, 1.807) is 0 Å². The van der Waals surface area contributed by atoms with Crippen molar-refractivity contribution in [3.8, 4) is 0 Å². The van der Waals surface area contributed by atoms with Crippen molar-refractivity contribution in [1.82, 2.24) is 43.4 Å². The summed E-state index contributed by atoms with van der Waals surface area (Å²) in [5.41, 5.74) is 5.34.